The molecule has 0 unspecified atom stereocenters. The number of hydrogen-bond donors (Lipinski definition) is 0. The lowest BCUT2D eigenvalue weighted by atomic mass is 10.2. The van der Waals surface area contributed by atoms with Crippen LogP contribution in [0.3, 0.4) is 0 Å². The van der Waals surface area contributed by atoms with Crippen molar-refractivity contribution in [2.45, 2.75) is 6.92 Å². The van der Waals surface area contributed by atoms with Gasteiger partial charge in [0.2, 0.25) is 11.8 Å². The van der Waals surface area contributed by atoms with Crippen molar-refractivity contribution in [3.8, 4) is 0 Å². The fourth-order valence-electron chi connectivity index (χ4n) is 2.07. The number of nitrogens with zero attached hydrogens (tertiary/aromatic N) is 2. The second-order valence-corrected chi connectivity index (χ2v) is 5.40. The molecule has 0 saturated heterocycles. The average molecular weight is 335 g/mol. The first-order chi connectivity index (χ1) is 10.9. The summed E-state index contributed by atoms with van der Waals surface area (Å²) in [5.74, 6) is -1.18. The van der Waals surface area contributed by atoms with Gasteiger partial charge in [-0.05, 0) is 30.3 Å². The predicted octanol–water partition coefficient (Wildman–Crippen LogP) is 3.50. The summed E-state index contributed by atoms with van der Waals surface area (Å²) in [6, 6.07) is 13.0. The molecule has 0 aliphatic carbocycles. The number of benzene rings is 2. The largest absolute Gasteiger partial charge is 0.314 e. The van der Waals surface area contributed by atoms with Crippen LogP contribution >= 0.6 is 11.6 Å². The summed E-state index contributed by atoms with van der Waals surface area (Å²) in [6.45, 7) is 1.18. The molecule has 0 fully saturated rings. The van der Waals surface area contributed by atoms with E-state index in [1.54, 1.807) is 19.2 Å². The number of anilines is 2. The number of halogens is 2. The zero-order valence-corrected chi connectivity index (χ0v) is 13.5. The third kappa shape index (κ3) is 4.07. The number of hydrogen-bond acceptors (Lipinski definition) is 2. The van der Waals surface area contributed by atoms with Crippen molar-refractivity contribution in [2.24, 2.45) is 0 Å². The van der Waals surface area contributed by atoms with E-state index >= 15 is 0 Å². The van der Waals surface area contributed by atoms with Gasteiger partial charge in [0, 0.05) is 25.3 Å². The highest BCUT2D eigenvalue weighted by molar-refractivity contribution is 6.31. The quantitative estimate of drug-likeness (QED) is 0.858. The molecule has 6 heteroatoms. The predicted molar refractivity (Wildman–Crippen MR) is 89.3 cm³/mol. The first-order valence-electron chi connectivity index (χ1n) is 6.95. The van der Waals surface area contributed by atoms with E-state index in [0.29, 0.717) is 5.69 Å². The zero-order valence-electron chi connectivity index (χ0n) is 12.8. The van der Waals surface area contributed by atoms with Crippen molar-refractivity contribution < 1.29 is 14.0 Å². The lowest BCUT2D eigenvalue weighted by Crippen LogP contribution is -2.40. The molecular formula is C17H16ClFN2O2. The van der Waals surface area contributed by atoms with Crippen LogP contribution in [-0.4, -0.2) is 25.4 Å². The lowest BCUT2D eigenvalue weighted by Gasteiger charge is -2.24. The van der Waals surface area contributed by atoms with E-state index in [4.69, 9.17) is 11.6 Å². The first kappa shape index (κ1) is 17.0. The smallest absolute Gasteiger partial charge is 0.246 e. The van der Waals surface area contributed by atoms with Gasteiger partial charge < -0.3 is 9.80 Å². The van der Waals surface area contributed by atoms with Crippen LogP contribution in [0.5, 0.6) is 0 Å². The Morgan fingerprint density at radius 3 is 2.30 bits per heavy atom. The maximum atomic E-state index is 13.3. The molecule has 2 rings (SSSR count). The number of amides is 2. The molecule has 120 valence electrons. The van der Waals surface area contributed by atoms with E-state index in [2.05, 4.69) is 0 Å². The highest BCUT2D eigenvalue weighted by Gasteiger charge is 2.20. The highest BCUT2D eigenvalue weighted by atomic mass is 35.5. The molecule has 0 radical (unpaired) electrons. The van der Waals surface area contributed by atoms with Crippen LogP contribution < -0.4 is 9.80 Å². The van der Waals surface area contributed by atoms with E-state index in [9.17, 15) is 14.0 Å². The number of para-hydroxylation sites is 1. The minimum absolute atomic E-state index is 0.0994. The van der Waals surface area contributed by atoms with E-state index in [0.717, 1.165) is 5.69 Å². The van der Waals surface area contributed by atoms with Crippen molar-refractivity contribution in [2.75, 3.05) is 23.4 Å². The first-order valence-corrected chi connectivity index (χ1v) is 7.32. The summed E-state index contributed by atoms with van der Waals surface area (Å²) in [5, 5.41) is -0.0994. The van der Waals surface area contributed by atoms with Crippen LogP contribution in [0, 0.1) is 5.82 Å². The molecule has 0 spiro atoms. The number of rotatable bonds is 4. The number of carbonyl (C=O) groups is 2. The van der Waals surface area contributed by atoms with Gasteiger partial charge in [-0.25, -0.2) is 4.39 Å². The maximum absolute atomic E-state index is 13.3. The molecule has 23 heavy (non-hydrogen) atoms. The Balaban J connectivity index is 2.21. The van der Waals surface area contributed by atoms with Gasteiger partial charge in [-0.3, -0.25) is 9.59 Å². The minimum atomic E-state index is -0.577. The molecule has 0 aliphatic heterocycles. The Bertz CT molecular complexity index is 722. The Morgan fingerprint density at radius 2 is 1.74 bits per heavy atom. The number of likely N-dealkylation sites (N-methyl/N-ethyl adjacent to an activating group) is 1. The van der Waals surface area contributed by atoms with Gasteiger partial charge in [0.1, 0.15) is 12.4 Å². The van der Waals surface area contributed by atoms with E-state index < -0.39 is 5.82 Å². The van der Waals surface area contributed by atoms with Crippen molar-refractivity contribution in [3.63, 3.8) is 0 Å². The fraction of sp³-hybridized carbons (Fsp3) is 0.176. The second kappa shape index (κ2) is 7.24. The topological polar surface area (TPSA) is 40.6 Å². The summed E-state index contributed by atoms with van der Waals surface area (Å²) in [5.41, 5.74) is 1.09. The molecule has 4 nitrogen and oxygen atoms in total. The summed E-state index contributed by atoms with van der Waals surface area (Å²) in [4.78, 5) is 27.0. The van der Waals surface area contributed by atoms with E-state index in [1.165, 1.54) is 34.9 Å². The fourth-order valence-corrected chi connectivity index (χ4v) is 2.25. The second-order valence-electron chi connectivity index (χ2n) is 4.99. The summed E-state index contributed by atoms with van der Waals surface area (Å²) in [6.07, 6.45) is 0. The highest BCUT2D eigenvalue weighted by Crippen LogP contribution is 2.23. The molecule has 0 heterocycles. The Labute approximate surface area is 139 Å². The van der Waals surface area contributed by atoms with Crippen molar-refractivity contribution in [1.29, 1.82) is 0 Å². The lowest BCUT2D eigenvalue weighted by molar-refractivity contribution is -0.121. The molecule has 0 bridgehead atoms. The van der Waals surface area contributed by atoms with Crippen LogP contribution in [-0.2, 0) is 9.59 Å². The Kier molecular flexibility index (Phi) is 5.34. The Morgan fingerprint density at radius 1 is 1.09 bits per heavy atom. The molecule has 0 aromatic heterocycles. The third-order valence-corrected chi connectivity index (χ3v) is 3.70. The SMILES string of the molecule is CC(=O)N(CC(=O)N(C)c1ccccc1)c1ccc(F)c(Cl)c1. The zero-order chi connectivity index (χ0) is 17.0. The van der Waals surface area contributed by atoms with Gasteiger partial charge in [0.15, 0.2) is 0 Å². The van der Waals surface area contributed by atoms with E-state index in [-0.39, 0.29) is 23.4 Å². The van der Waals surface area contributed by atoms with Gasteiger partial charge >= 0.3 is 0 Å². The molecule has 0 aliphatic rings. The van der Waals surface area contributed by atoms with Crippen molar-refractivity contribution >= 4 is 34.8 Å². The van der Waals surface area contributed by atoms with Gasteiger partial charge in [-0.2, -0.15) is 0 Å². The van der Waals surface area contributed by atoms with Crippen LogP contribution in [0.4, 0.5) is 15.8 Å². The maximum Gasteiger partial charge on any atom is 0.246 e. The molecular weight excluding hydrogens is 319 g/mol. The summed E-state index contributed by atoms with van der Waals surface area (Å²) < 4.78 is 13.3. The molecule has 0 saturated carbocycles. The summed E-state index contributed by atoms with van der Waals surface area (Å²) in [7, 11) is 1.63. The molecule has 0 N–H and O–H groups in total. The third-order valence-electron chi connectivity index (χ3n) is 3.41. The van der Waals surface area contributed by atoms with Crippen LogP contribution in [0.2, 0.25) is 5.02 Å². The van der Waals surface area contributed by atoms with Crippen molar-refractivity contribution in [3.05, 3.63) is 59.4 Å². The molecule has 2 amide bonds. The Hall–Kier alpha value is -2.40. The molecule has 2 aromatic rings. The monoisotopic (exact) mass is 334 g/mol. The van der Waals surface area contributed by atoms with Crippen LogP contribution in [0.1, 0.15) is 6.92 Å². The number of carbonyl (C=O) groups excluding carboxylic acids is 2. The van der Waals surface area contributed by atoms with Crippen molar-refractivity contribution in [1.82, 2.24) is 0 Å². The van der Waals surface area contributed by atoms with Crippen LogP contribution in [0.15, 0.2) is 48.5 Å². The minimum Gasteiger partial charge on any atom is -0.314 e. The van der Waals surface area contributed by atoms with Crippen LogP contribution in [0.25, 0.3) is 0 Å². The molecule has 2 aromatic carbocycles. The van der Waals surface area contributed by atoms with E-state index in [1.807, 2.05) is 18.2 Å². The standard InChI is InChI=1S/C17H16ClFN2O2/c1-12(22)21(14-8-9-16(19)15(18)10-14)11-17(23)20(2)13-6-4-3-5-7-13/h3-10H,11H2,1-2H3. The molecule has 0 atom stereocenters. The average Bonchev–Trinajstić information content (AvgIpc) is 2.55. The van der Waals surface area contributed by atoms with Gasteiger partial charge in [-0.1, -0.05) is 29.8 Å². The summed E-state index contributed by atoms with van der Waals surface area (Å²) >= 11 is 5.75. The van der Waals surface area contributed by atoms with Gasteiger partial charge in [-0.15, -0.1) is 0 Å². The van der Waals surface area contributed by atoms with Gasteiger partial charge in [0.05, 0.1) is 5.02 Å². The normalized spacial score (nSPS) is 10.3. The van der Waals surface area contributed by atoms with Gasteiger partial charge in [0.25, 0.3) is 0 Å².